The van der Waals surface area contributed by atoms with Gasteiger partial charge in [-0.1, -0.05) is 24.3 Å². The molecule has 2 rings (SSSR count). The van der Waals surface area contributed by atoms with Crippen LogP contribution >= 0.6 is 11.6 Å². The average Bonchev–Trinajstić information content (AvgIpc) is 2.36. The Bertz CT molecular complexity index is 486. The maximum atomic E-state index is 9.81. The second kappa shape index (κ2) is 5.99. The molecule has 0 aliphatic carbocycles. The molecule has 0 radical (unpaired) electrons. The largest absolute Gasteiger partial charge is 0.393 e. The van der Waals surface area contributed by atoms with E-state index in [1.807, 2.05) is 36.4 Å². The highest BCUT2D eigenvalue weighted by Crippen LogP contribution is 2.13. The molecular formula is C14H16ClNO. The van der Waals surface area contributed by atoms with E-state index in [2.05, 4.69) is 4.98 Å². The first-order chi connectivity index (χ1) is 8.29. The Kier molecular flexibility index (Phi) is 4.35. The van der Waals surface area contributed by atoms with Gasteiger partial charge < -0.3 is 5.11 Å². The van der Waals surface area contributed by atoms with Crippen LogP contribution in [0.4, 0.5) is 0 Å². The predicted molar refractivity (Wildman–Crippen MR) is 71.4 cm³/mol. The van der Waals surface area contributed by atoms with E-state index in [-0.39, 0.29) is 6.10 Å². The van der Waals surface area contributed by atoms with Crippen molar-refractivity contribution in [2.24, 2.45) is 0 Å². The molecule has 0 fully saturated rings. The number of rotatable bonds is 5. The lowest BCUT2D eigenvalue weighted by molar-refractivity contribution is 0.163. The molecule has 0 amide bonds. The van der Waals surface area contributed by atoms with Gasteiger partial charge in [0.2, 0.25) is 0 Å². The van der Waals surface area contributed by atoms with Crippen molar-refractivity contribution in [2.75, 3.05) is 5.88 Å². The molecule has 1 heterocycles. The summed E-state index contributed by atoms with van der Waals surface area (Å²) in [5, 5.41) is 10.9. The molecule has 1 aromatic heterocycles. The van der Waals surface area contributed by atoms with E-state index in [0.29, 0.717) is 12.3 Å². The van der Waals surface area contributed by atoms with E-state index >= 15 is 0 Å². The molecule has 17 heavy (non-hydrogen) atoms. The van der Waals surface area contributed by atoms with Crippen LogP contribution in [-0.4, -0.2) is 22.1 Å². The van der Waals surface area contributed by atoms with Crippen LogP contribution in [0.25, 0.3) is 10.9 Å². The minimum absolute atomic E-state index is 0.345. The summed E-state index contributed by atoms with van der Waals surface area (Å²) in [6.07, 6.45) is 1.83. The number of aliphatic hydroxyl groups is 1. The van der Waals surface area contributed by atoms with Crippen molar-refractivity contribution < 1.29 is 5.11 Å². The SMILES string of the molecule is OC(CCCCl)Cc1ccc2ccccc2n1. The number of para-hydroxylation sites is 1. The van der Waals surface area contributed by atoms with Crippen molar-refractivity contribution in [2.45, 2.75) is 25.4 Å². The third-order valence-electron chi connectivity index (χ3n) is 2.77. The molecule has 0 saturated heterocycles. The first kappa shape index (κ1) is 12.3. The predicted octanol–water partition coefficient (Wildman–Crippen LogP) is 3.16. The van der Waals surface area contributed by atoms with Crippen LogP contribution in [0.2, 0.25) is 0 Å². The summed E-state index contributed by atoms with van der Waals surface area (Å²) in [6.45, 7) is 0. The Morgan fingerprint density at radius 1 is 1.18 bits per heavy atom. The number of hydrogen-bond acceptors (Lipinski definition) is 2. The maximum absolute atomic E-state index is 9.81. The number of hydrogen-bond donors (Lipinski definition) is 1. The van der Waals surface area contributed by atoms with E-state index in [0.717, 1.165) is 29.4 Å². The Morgan fingerprint density at radius 2 is 2.00 bits per heavy atom. The van der Waals surface area contributed by atoms with Crippen LogP contribution < -0.4 is 0 Å². The van der Waals surface area contributed by atoms with E-state index < -0.39 is 0 Å². The highest BCUT2D eigenvalue weighted by molar-refractivity contribution is 6.17. The fraction of sp³-hybridized carbons (Fsp3) is 0.357. The second-order valence-electron chi connectivity index (χ2n) is 4.18. The highest BCUT2D eigenvalue weighted by atomic mass is 35.5. The zero-order chi connectivity index (χ0) is 12.1. The van der Waals surface area contributed by atoms with Crippen LogP contribution in [0.15, 0.2) is 36.4 Å². The monoisotopic (exact) mass is 249 g/mol. The van der Waals surface area contributed by atoms with Crippen molar-refractivity contribution in [1.29, 1.82) is 0 Å². The first-order valence-electron chi connectivity index (χ1n) is 5.88. The van der Waals surface area contributed by atoms with Gasteiger partial charge in [-0.05, 0) is 25.0 Å². The Balaban J connectivity index is 2.08. The van der Waals surface area contributed by atoms with E-state index in [1.165, 1.54) is 0 Å². The third kappa shape index (κ3) is 3.42. The smallest absolute Gasteiger partial charge is 0.0705 e. The Hall–Kier alpha value is -1.12. The van der Waals surface area contributed by atoms with Crippen LogP contribution in [0, 0.1) is 0 Å². The van der Waals surface area contributed by atoms with Crippen molar-refractivity contribution in [3.05, 3.63) is 42.1 Å². The summed E-state index contributed by atoms with van der Waals surface area (Å²) in [6, 6.07) is 12.0. The van der Waals surface area contributed by atoms with Crippen LogP contribution in [0.3, 0.4) is 0 Å². The number of aliphatic hydroxyl groups excluding tert-OH is 1. The van der Waals surface area contributed by atoms with Gasteiger partial charge in [-0.15, -0.1) is 11.6 Å². The number of halogens is 1. The molecule has 90 valence electrons. The van der Waals surface area contributed by atoms with E-state index in [9.17, 15) is 5.11 Å². The molecule has 2 aromatic rings. The van der Waals surface area contributed by atoms with Crippen LogP contribution in [0.5, 0.6) is 0 Å². The van der Waals surface area contributed by atoms with E-state index in [1.54, 1.807) is 0 Å². The highest BCUT2D eigenvalue weighted by Gasteiger charge is 2.06. The summed E-state index contributed by atoms with van der Waals surface area (Å²) >= 11 is 5.60. The number of pyridine rings is 1. The molecule has 1 atom stereocenters. The summed E-state index contributed by atoms with van der Waals surface area (Å²) in [5.41, 5.74) is 1.92. The zero-order valence-corrected chi connectivity index (χ0v) is 10.4. The molecule has 0 aliphatic rings. The Labute approximate surface area is 106 Å². The van der Waals surface area contributed by atoms with Gasteiger partial charge in [0, 0.05) is 23.4 Å². The summed E-state index contributed by atoms with van der Waals surface area (Å²) in [7, 11) is 0. The fourth-order valence-electron chi connectivity index (χ4n) is 1.88. The lowest BCUT2D eigenvalue weighted by Gasteiger charge is -2.09. The zero-order valence-electron chi connectivity index (χ0n) is 9.64. The minimum Gasteiger partial charge on any atom is -0.393 e. The summed E-state index contributed by atoms with van der Waals surface area (Å²) in [4.78, 5) is 4.53. The lowest BCUT2D eigenvalue weighted by atomic mass is 10.1. The first-order valence-corrected chi connectivity index (χ1v) is 6.42. The van der Waals surface area contributed by atoms with Gasteiger partial charge >= 0.3 is 0 Å². The molecule has 1 N–H and O–H groups in total. The normalized spacial score (nSPS) is 12.8. The second-order valence-corrected chi connectivity index (χ2v) is 4.56. The van der Waals surface area contributed by atoms with Crippen LogP contribution in [0.1, 0.15) is 18.5 Å². The van der Waals surface area contributed by atoms with Crippen molar-refractivity contribution >= 4 is 22.5 Å². The summed E-state index contributed by atoms with van der Waals surface area (Å²) in [5.74, 6) is 0.599. The molecule has 1 unspecified atom stereocenters. The number of aromatic nitrogens is 1. The number of nitrogens with zero attached hydrogens (tertiary/aromatic N) is 1. The molecule has 3 heteroatoms. The van der Waals surface area contributed by atoms with Gasteiger partial charge in [-0.3, -0.25) is 4.98 Å². The molecule has 0 aliphatic heterocycles. The van der Waals surface area contributed by atoms with Gasteiger partial charge in [0.15, 0.2) is 0 Å². The number of fused-ring (bicyclic) bond motifs is 1. The van der Waals surface area contributed by atoms with Gasteiger partial charge in [0.25, 0.3) is 0 Å². The number of benzene rings is 1. The lowest BCUT2D eigenvalue weighted by Crippen LogP contribution is -2.11. The molecule has 0 saturated carbocycles. The molecule has 1 aromatic carbocycles. The maximum Gasteiger partial charge on any atom is 0.0705 e. The third-order valence-corrected chi connectivity index (χ3v) is 3.04. The fourth-order valence-corrected chi connectivity index (χ4v) is 2.03. The molecule has 0 spiro atoms. The topological polar surface area (TPSA) is 33.1 Å². The van der Waals surface area contributed by atoms with Gasteiger partial charge in [-0.2, -0.15) is 0 Å². The average molecular weight is 250 g/mol. The molecule has 0 bridgehead atoms. The van der Waals surface area contributed by atoms with Crippen molar-refractivity contribution in [3.63, 3.8) is 0 Å². The van der Waals surface area contributed by atoms with Gasteiger partial charge in [0.05, 0.1) is 11.6 Å². The standard InChI is InChI=1S/C14H16ClNO/c15-9-3-5-13(17)10-12-8-7-11-4-1-2-6-14(11)16-12/h1-2,4,6-8,13,17H,3,5,9-10H2. The van der Waals surface area contributed by atoms with Gasteiger partial charge in [-0.25, -0.2) is 0 Å². The van der Waals surface area contributed by atoms with Crippen LogP contribution in [-0.2, 0) is 6.42 Å². The molecule has 2 nitrogen and oxygen atoms in total. The summed E-state index contributed by atoms with van der Waals surface area (Å²) < 4.78 is 0. The quantitative estimate of drug-likeness (QED) is 0.826. The minimum atomic E-state index is -0.345. The van der Waals surface area contributed by atoms with Crippen molar-refractivity contribution in [3.8, 4) is 0 Å². The molecular weight excluding hydrogens is 234 g/mol. The van der Waals surface area contributed by atoms with Crippen molar-refractivity contribution in [1.82, 2.24) is 4.98 Å². The Morgan fingerprint density at radius 3 is 2.82 bits per heavy atom. The van der Waals surface area contributed by atoms with Gasteiger partial charge in [0.1, 0.15) is 0 Å². The number of alkyl halides is 1. The van der Waals surface area contributed by atoms with E-state index in [4.69, 9.17) is 11.6 Å².